The van der Waals surface area contributed by atoms with Gasteiger partial charge in [0.05, 0.1) is 4.88 Å². The molecule has 1 atom stereocenters. The van der Waals surface area contributed by atoms with Crippen LogP contribution in [0.3, 0.4) is 0 Å². The minimum atomic E-state index is -1.05. The molecule has 7 nitrogen and oxygen atoms in total. The zero-order valence-electron chi connectivity index (χ0n) is 14.6. The summed E-state index contributed by atoms with van der Waals surface area (Å²) in [6, 6.07) is 10.0. The molecule has 8 heteroatoms. The number of hydrogen-bond donors (Lipinski definition) is 2. The van der Waals surface area contributed by atoms with Gasteiger partial charge < -0.3 is 20.1 Å². The lowest BCUT2D eigenvalue weighted by Gasteiger charge is -2.23. The summed E-state index contributed by atoms with van der Waals surface area (Å²) in [5.41, 5.74) is 0.792. The topological polar surface area (TPSA) is 95.9 Å². The molecule has 1 aromatic heterocycles. The Labute approximate surface area is 160 Å². The molecule has 2 N–H and O–H groups in total. The molecule has 2 aromatic rings. The highest BCUT2D eigenvalue weighted by Gasteiger charge is 2.34. The number of aliphatic carboxylic acids is 1. The van der Waals surface area contributed by atoms with Gasteiger partial charge in [-0.1, -0.05) is 18.2 Å². The van der Waals surface area contributed by atoms with Crippen LogP contribution < -0.4 is 10.1 Å². The lowest BCUT2D eigenvalue weighted by molar-refractivity contribution is -0.139. The molecule has 2 amide bonds. The number of rotatable bonds is 7. The molecule has 1 aromatic carbocycles. The summed E-state index contributed by atoms with van der Waals surface area (Å²) in [5, 5.41) is 13.4. The van der Waals surface area contributed by atoms with Crippen molar-refractivity contribution in [2.24, 2.45) is 0 Å². The maximum Gasteiger partial charge on any atom is 0.341 e. The smallest absolute Gasteiger partial charge is 0.341 e. The Balaban J connectivity index is 1.58. The van der Waals surface area contributed by atoms with Crippen molar-refractivity contribution in [3.8, 4) is 5.75 Å². The molecule has 0 spiro atoms. The van der Waals surface area contributed by atoms with E-state index < -0.39 is 18.6 Å². The van der Waals surface area contributed by atoms with Crippen molar-refractivity contribution in [1.29, 1.82) is 0 Å². The van der Waals surface area contributed by atoms with Gasteiger partial charge in [-0.2, -0.15) is 0 Å². The highest BCUT2D eigenvalue weighted by Crippen LogP contribution is 2.22. The molecule has 2 heterocycles. The van der Waals surface area contributed by atoms with Gasteiger partial charge in [0, 0.05) is 13.1 Å². The van der Waals surface area contributed by atoms with Crippen molar-refractivity contribution < 1.29 is 24.2 Å². The Kier molecular flexibility index (Phi) is 6.08. The Morgan fingerprint density at radius 3 is 2.85 bits per heavy atom. The van der Waals surface area contributed by atoms with Crippen molar-refractivity contribution in [3.63, 3.8) is 0 Å². The summed E-state index contributed by atoms with van der Waals surface area (Å²) < 4.78 is 5.14. The van der Waals surface area contributed by atoms with Gasteiger partial charge in [0.15, 0.2) is 6.61 Å². The number of nitrogens with one attached hydrogen (secondary N) is 1. The number of carboxylic acids is 1. The summed E-state index contributed by atoms with van der Waals surface area (Å²) in [4.78, 5) is 38.0. The Bertz CT molecular complexity index is 821. The Hall–Kier alpha value is -2.87. The van der Waals surface area contributed by atoms with Gasteiger partial charge >= 0.3 is 5.97 Å². The molecule has 0 bridgehead atoms. The first-order chi connectivity index (χ1) is 13.0. The predicted octanol–water partition coefficient (Wildman–Crippen LogP) is 2.13. The SMILES string of the molecule is O=C(O)COc1cccc(CNC(=O)C2CCCN2C(=O)c2cccs2)c1. The molecule has 1 aliphatic rings. The molecule has 3 rings (SSSR count). The van der Waals surface area contributed by atoms with E-state index in [1.807, 2.05) is 17.5 Å². The number of likely N-dealkylation sites (tertiary alicyclic amines) is 1. The molecular formula is C19H20N2O5S. The fourth-order valence-corrected chi connectivity index (χ4v) is 3.70. The van der Waals surface area contributed by atoms with Crippen LogP contribution in [0.15, 0.2) is 41.8 Å². The maximum atomic E-state index is 12.6. The van der Waals surface area contributed by atoms with Crippen LogP contribution in [-0.4, -0.2) is 47.0 Å². The first kappa shape index (κ1) is 18.9. The second-order valence-electron chi connectivity index (χ2n) is 6.18. The lowest BCUT2D eigenvalue weighted by Crippen LogP contribution is -2.45. The van der Waals surface area contributed by atoms with Crippen molar-refractivity contribution in [3.05, 3.63) is 52.2 Å². The Morgan fingerprint density at radius 2 is 2.11 bits per heavy atom. The van der Waals surface area contributed by atoms with Gasteiger partial charge in [-0.15, -0.1) is 11.3 Å². The molecule has 0 saturated carbocycles. The first-order valence-corrected chi connectivity index (χ1v) is 9.48. The number of benzene rings is 1. The number of carbonyl (C=O) groups excluding carboxylic acids is 2. The van der Waals surface area contributed by atoms with Gasteiger partial charge in [-0.25, -0.2) is 4.79 Å². The summed E-state index contributed by atoms with van der Waals surface area (Å²) in [6.45, 7) is 0.436. The van der Waals surface area contributed by atoms with Crippen molar-refractivity contribution in [2.45, 2.75) is 25.4 Å². The highest BCUT2D eigenvalue weighted by molar-refractivity contribution is 7.12. The van der Waals surface area contributed by atoms with E-state index >= 15 is 0 Å². The molecule has 1 aliphatic heterocycles. The fourth-order valence-electron chi connectivity index (χ4n) is 3.02. The largest absolute Gasteiger partial charge is 0.482 e. The van der Waals surface area contributed by atoms with Gasteiger partial charge in [-0.3, -0.25) is 9.59 Å². The van der Waals surface area contributed by atoms with E-state index in [9.17, 15) is 14.4 Å². The van der Waals surface area contributed by atoms with Gasteiger partial charge in [0.25, 0.3) is 5.91 Å². The summed E-state index contributed by atoms with van der Waals surface area (Å²) in [6.07, 6.45) is 1.44. The van der Waals surface area contributed by atoms with Crippen molar-refractivity contribution in [2.75, 3.05) is 13.2 Å². The van der Waals surface area contributed by atoms with Crippen LogP contribution in [0.5, 0.6) is 5.75 Å². The fraction of sp³-hybridized carbons (Fsp3) is 0.316. The molecule has 1 saturated heterocycles. The third-order valence-electron chi connectivity index (χ3n) is 4.28. The number of ether oxygens (including phenoxy) is 1. The molecule has 1 unspecified atom stereocenters. The van der Waals surface area contributed by atoms with E-state index in [0.29, 0.717) is 23.6 Å². The number of carbonyl (C=O) groups is 3. The van der Waals surface area contributed by atoms with Gasteiger partial charge in [0.2, 0.25) is 5.91 Å². The monoisotopic (exact) mass is 388 g/mol. The van der Waals surface area contributed by atoms with E-state index in [1.54, 1.807) is 29.2 Å². The normalized spacial score (nSPS) is 16.1. The van der Waals surface area contributed by atoms with Crippen LogP contribution >= 0.6 is 11.3 Å². The molecule has 1 fully saturated rings. The van der Waals surface area contributed by atoms with Crippen LogP contribution in [0.4, 0.5) is 0 Å². The van der Waals surface area contributed by atoms with Crippen LogP contribution in [0, 0.1) is 0 Å². The summed E-state index contributed by atoms with van der Waals surface area (Å²) in [5.74, 6) is -0.911. The summed E-state index contributed by atoms with van der Waals surface area (Å²) in [7, 11) is 0. The first-order valence-electron chi connectivity index (χ1n) is 8.60. The molecule has 0 radical (unpaired) electrons. The highest BCUT2D eigenvalue weighted by atomic mass is 32.1. The number of amides is 2. The van der Waals surface area contributed by atoms with Gasteiger partial charge in [0.1, 0.15) is 11.8 Å². The van der Waals surface area contributed by atoms with E-state index in [4.69, 9.17) is 9.84 Å². The third kappa shape index (κ3) is 4.85. The minimum absolute atomic E-state index is 0.105. The van der Waals surface area contributed by atoms with Crippen LogP contribution in [0.2, 0.25) is 0 Å². The molecular weight excluding hydrogens is 368 g/mol. The number of hydrogen-bond acceptors (Lipinski definition) is 5. The predicted molar refractivity (Wildman–Crippen MR) is 99.8 cm³/mol. The molecule has 142 valence electrons. The van der Waals surface area contributed by atoms with Crippen LogP contribution in [0.1, 0.15) is 28.1 Å². The number of carboxylic acid groups (broad SMARTS) is 1. The van der Waals surface area contributed by atoms with Crippen LogP contribution in [0.25, 0.3) is 0 Å². The van der Waals surface area contributed by atoms with E-state index in [-0.39, 0.29) is 18.4 Å². The summed E-state index contributed by atoms with van der Waals surface area (Å²) >= 11 is 1.37. The second kappa shape index (κ2) is 8.68. The zero-order chi connectivity index (χ0) is 19.2. The van der Waals surface area contributed by atoms with Gasteiger partial charge in [-0.05, 0) is 42.0 Å². The number of nitrogens with zero attached hydrogens (tertiary/aromatic N) is 1. The third-order valence-corrected chi connectivity index (χ3v) is 5.13. The quantitative estimate of drug-likeness (QED) is 0.758. The van der Waals surface area contributed by atoms with Crippen LogP contribution in [-0.2, 0) is 16.1 Å². The second-order valence-corrected chi connectivity index (χ2v) is 7.13. The van der Waals surface area contributed by atoms with Crippen molar-refractivity contribution in [1.82, 2.24) is 10.2 Å². The average molecular weight is 388 g/mol. The maximum absolute atomic E-state index is 12.6. The standard InChI is InChI=1S/C19H20N2O5S/c22-17(23)12-26-14-5-1-4-13(10-14)11-20-18(24)15-6-2-8-21(15)19(25)16-7-3-9-27-16/h1,3-5,7,9-10,15H,2,6,8,11-12H2,(H,20,24)(H,22,23). The molecule has 27 heavy (non-hydrogen) atoms. The molecule has 0 aliphatic carbocycles. The van der Waals surface area contributed by atoms with Crippen molar-refractivity contribution >= 4 is 29.1 Å². The lowest BCUT2D eigenvalue weighted by atomic mass is 10.1. The minimum Gasteiger partial charge on any atom is -0.482 e. The average Bonchev–Trinajstić information content (AvgIpc) is 3.36. The zero-order valence-corrected chi connectivity index (χ0v) is 15.4. The van der Waals surface area contributed by atoms with E-state index in [0.717, 1.165) is 12.0 Å². The number of thiophene rings is 1. The van der Waals surface area contributed by atoms with E-state index in [1.165, 1.54) is 11.3 Å². The van der Waals surface area contributed by atoms with E-state index in [2.05, 4.69) is 5.32 Å². The Morgan fingerprint density at radius 1 is 1.26 bits per heavy atom.